The van der Waals surface area contributed by atoms with Crippen LogP contribution in [0.25, 0.3) is 0 Å². The summed E-state index contributed by atoms with van der Waals surface area (Å²) in [6, 6.07) is 4.83. The Morgan fingerprint density at radius 3 is 2.76 bits per heavy atom. The standard InChI is InChI=1S/C12H13Cl2NO2/c1-7-4-9(16)6-15(7)12(17)10-5-8(13)2-3-11(10)14/h2-3,5,7,9,16H,4,6H2,1H3. The normalized spacial score (nSPS) is 24.1. The third-order valence-electron chi connectivity index (χ3n) is 2.97. The average Bonchev–Trinajstić information content (AvgIpc) is 2.60. The lowest BCUT2D eigenvalue weighted by atomic mass is 10.2. The van der Waals surface area contributed by atoms with E-state index in [0.29, 0.717) is 28.6 Å². The first kappa shape index (κ1) is 12.7. The zero-order valence-corrected chi connectivity index (χ0v) is 10.9. The van der Waals surface area contributed by atoms with Gasteiger partial charge in [-0.05, 0) is 31.5 Å². The average molecular weight is 274 g/mol. The van der Waals surface area contributed by atoms with Crippen molar-refractivity contribution < 1.29 is 9.90 Å². The van der Waals surface area contributed by atoms with E-state index in [1.54, 1.807) is 23.1 Å². The summed E-state index contributed by atoms with van der Waals surface area (Å²) in [7, 11) is 0. The molecule has 2 rings (SSSR count). The van der Waals surface area contributed by atoms with Crippen molar-refractivity contribution in [3.05, 3.63) is 33.8 Å². The third-order valence-corrected chi connectivity index (χ3v) is 3.54. The molecule has 1 fully saturated rings. The van der Waals surface area contributed by atoms with Crippen LogP contribution in [0.2, 0.25) is 10.0 Å². The number of hydrogen-bond donors (Lipinski definition) is 1. The third kappa shape index (κ3) is 2.57. The van der Waals surface area contributed by atoms with Crippen LogP contribution in [0.15, 0.2) is 18.2 Å². The summed E-state index contributed by atoms with van der Waals surface area (Å²) in [6.07, 6.45) is 0.149. The van der Waals surface area contributed by atoms with Crippen molar-refractivity contribution in [1.82, 2.24) is 4.90 Å². The Kier molecular flexibility index (Phi) is 3.61. The molecule has 1 amide bonds. The first-order valence-electron chi connectivity index (χ1n) is 5.43. The van der Waals surface area contributed by atoms with Gasteiger partial charge < -0.3 is 10.0 Å². The fraction of sp³-hybridized carbons (Fsp3) is 0.417. The zero-order chi connectivity index (χ0) is 12.6. The predicted octanol–water partition coefficient (Wildman–Crippen LogP) is 2.59. The molecule has 1 aliphatic heterocycles. The summed E-state index contributed by atoms with van der Waals surface area (Å²) in [5, 5.41) is 10.4. The summed E-state index contributed by atoms with van der Waals surface area (Å²) in [4.78, 5) is 13.9. The lowest BCUT2D eigenvalue weighted by molar-refractivity contribution is 0.0726. The number of hydrogen-bond acceptors (Lipinski definition) is 2. The number of amides is 1. The molecule has 0 spiro atoms. The Morgan fingerprint density at radius 2 is 2.18 bits per heavy atom. The maximum atomic E-state index is 12.2. The number of likely N-dealkylation sites (tertiary alicyclic amines) is 1. The van der Waals surface area contributed by atoms with Crippen LogP contribution >= 0.6 is 23.2 Å². The molecule has 0 bridgehead atoms. The minimum absolute atomic E-state index is 0.0209. The van der Waals surface area contributed by atoms with Gasteiger partial charge in [-0.25, -0.2) is 0 Å². The van der Waals surface area contributed by atoms with Gasteiger partial charge in [-0.3, -0.25) is 4.79 Å². The summed E-state index contributed by atoms with van der Waals surface area (Å²) in [5.74, 6) is -0.179. The topological polar surface area (TPSA) is 40.5 Å². The zero-order valence-electron chi connectivity index (χ0n) is 9.36. The Morgan fingerprint density at radius 1 is 1.47 bits per heavy atom. The molecule has 5 heteroatoms. The van der Waals surface area contributed by atoms with Gasteiger partial charge in [0, 0.05) is 17.6 Å². The Labute approximate surface area is 110 Å². The number of aliphatic hydroxyl groups excluding tert-OH is 1. The number of halogens is 2. The molecule has 2 atom stereocenters. The molecule has 0 radical (unpaired) electrons. The highest BCUT2D eigenvalue weighted by Gasteiger charge is 2.32. The van der Waals surface area contributed by atoms with Gasteiger partial charge in [0.1, 0.15) is 0 Å². The minimum Gasteiger partial charge on any atom is -0.391 e. The molecule has 17 heavy (non-hydrogen) atoms. The second kappa shape index (κ2) is 4.84. The number of β-amino-alcohol motifs (C(OH)–C–C–N with tert-alkyl or cyclic N) is 1. The van der Waals surface area contributed by atoms with E-state index in [1.807, 2.05) is 6.92 Å². The molecule has 3 nitrogen and oxygen atoms in total. The minimum atomic E-state index is -0.452. The summed E-state index contributed by atoms with van der Waals surface area (Å²) in [6.45, 7) is 2.26. The first-order chi connectivity index (χ1) is 7.99. The van der Waals surface area contributed by atoms with Crippen LogP contribution in [0.1, 0.15) is 23.7 Å². The van der Waals surface area contributed by atoms with E-state index in [2.05, 4.69) is 0 Å². The quantitative estimate of drug-likeness (QED) is 0.855. The van der Waals surface area contributed by atoms with Crippen LogP contribution in [0.5, 0.6) is 0 Å². The number of aliphatic hydroxyl groups is 1. The smallest absolute Gasteiger partial charge is 0.255 e. The van der Waals surface area contributed by atoms with E-state index in [9.17, 15) is 9.90 Å². The summed E-state index contributed by atoms with van der Waals surface area (Å²) >= 11 is 11.8. The van der Waals surface area contributed by atoms with Gasteiger partial charge in [0.05, 0.1) is 16.7 Å². The SMILES string of the molecule is CC1CC(O)CN1C(=O)c1cc(Cl)ccc1Cl. The maximum Gasteiger partial charge on any atom is 0.255 e. The van der Waals surface area contributed by atoms with Crippen molar-refractivity contribution in [3.8, 4) is 0 Å². The molecule has 0 aliphatic carbocycles. The molecule has 2 unspecified atom stereocenters. The molecule has 1 N–H and O–H groups in total. The van der Waals surface area contributed by atoms with Gasteiger partial charge in [0.25, 0.3) is 5.91 Å². The van der Waals surface area contributed by atoms with Crippen LogP contribution in [-0.4, -0.2) is 34.6 Å². The molecule has 1 aliphatic rings. The number of rotatable bonds is 1. The predicted molar refractivity (Wildman–Crippen MR) is 67.6 cm³/mol. The van der Waals surface area contributed by atoms with Gasteiger partial charge in [0.15, 0.2) is 0 Å². The Bertz CT molecular complexity index is 450. The number of nitrogens with zero attached hydrogens (tertiary/aromatic N) is 1. The van der Waals surface area contributed by atoms with Crippen molar-refractivity contribution in [2.45, 2.75) is 25.5 Å². The molecule has 0 aromatic heterocycles. The molecule has 1 heterocycles. The van der Waals surface area contributed by atoms with E-state index in [4.69, 9.17) is 23.2 Å². The van der Waals surface area contributed by atoms with Crippen LogP contribution in [0, 0.1) is 0 Å². The van der Waals surface area contributed by atoms with Crippen molar-refractivity contribution in [2.75, 3.05) is 6.54 Å². The van der Waals surface area contributed by atoms with Crippen LogP contribution in [0.3, 0.4) is 0 Å². The summed E-state index contributed by atoms with van der Waals surface area (Å²) < 4.78 is 0. The van der Waals surface area contributed by atoms with Crippen molar-refractivity contribution in [3.63, 3.8) is 0 Å². The highest BCUT2D eigenvalue weighted by atomic mass is 35.5. The van der Waals surface area contributed by atoms with E-state index in [-0.39, 0.29) is 11.9 Å². The van der Waals surface area contributed by atoms with E-state index < -0.39 is 6.10 Å². The number of carbonyl (C=O) groups is 1. The highest BCUT2D eigenvalue weighted by molar-refractivity contribution is 6.35. The molecular formula is C12H13Cl2NO2. The molecular weight excluding hydrogens is 261 g/mol. The fourth-order valence-electron chi connectivity index (χ4n) is 2.10. The lowest BCUT2D eigenvalue weighted by Crippen LogP contribution is -2.34. The molecule has 0 saturated carbocycles. The van der Waals surface area contributed by atoms with Gasteiger partial charge in [-0.15, -0.1) is 0 Å². The molecule has 92 valence electrons. The van der Waals surface area contributed by atoms with Crippen LogP contribution in [0.4, 0.5) is 0 Å². The lowest BCUT2D eigenvalue weighted by Gasteiger charge is -2.21. The van der Waals surface area contributed by atoms with Crippen molar-refractivity contribution in [1.29, 1.82) is 0 Å². The van der Waals surface area contributed by atoms with Crippen LogP contribution < -0.4 is 0 Å². The van der Waals surface area contributed by atoms with E-state index in [1.165, 1.54) is 0 Å². The molecule has 1 aromatic rings. The molecule has 1 aromatic carbocycles. The van der Waals surface area contributed by atoms with Gasteiger partial charge in [-0.1, -0.05) is 23.2 Å². The second-order valence-electron chi connectivity index (χ2n) is 4.32. The number of carbonyl (C=O) groups excluding carboxylic acids is 1. The van der Waals surface area contributed by atoms with E-state index >= 15 is 0 Å². The van der Waals surface area contributed by atoms with Crippen LogP contribution in [-0.2, 0) is 0 Å². The van der Waals surface area contributed by atoms with Gasteiger partial charge >= 0.3 is 0 Å². The maximum absolute atomic E-state index is 12.2. The number of benzene rings is 1. The Balaban J connectivity index is 2.28. The molecule has 1 saturated heterocycles. The van der Waals surface area contributed by atoms with Crippen molar-refractivity contribution >= 4 is 29.1 Å². The van der Waals surface area contributed by atoms with Gasteiger partial charge in [0.2, 0.25) is 0 Å². The van der Waals surface area contributed by atoms with Crippen molar-refractivity contribution in [2.24, 2.45) is 0 Å². The van der Waals surface area contributed by atoms with E-state index in [0.717, 1.165) is 0 Å². The monoisotopic (exact) mass is 273 g/mol. The Hall–Kier alpha value is -0.770. The second-order valence-corrected chi connectivity index (χ2v) is 5.16. The van der Waals surface area contributed by atoms with Gasteiger partial charge in [-0.2, -0.15) is 0 Å². The fourth-order valence-corrected chi connectivity index (χ4v) is 2.47. The highest BCUT2D eigenvalue weighted by Crippen LogP contribution is 2.26. The largest absolute Gasteiger partial charge is 0.391 e. The summed E-state index contributed by atoms with van der Waals surface area (Å²) in [5.41, 5.74) is 0.389. The first-order valence-corrected chi connectivity index (χ1v) is 6.18.